The highest BCUT2D eigenvalue weighted by Crippen LogP contribution is 2.42. The zero-order chi connectivity index (χ0) is 18.1. The third-order valence-electron chi connectivity index (χ3n) is 6.15. The Morgan fingerprint density at radius 2 is 2.15 bits per heavy atom. The standard InChI is InChI=1S/C20H28N4O2/c1-2-4-17-16(11-21-14-22-17)18(25)24-10-8-20(13-24)7-3-9-23(19(20)26)12-15-5-6-15/h11,14-15H,2-10,12-13H2,1H3. The number of aryl methyl sites for hydroxylation is 1. The number of hydrogen-bond acceptors (Lipinski definition) is 4. The quantitative estimate of drug-likeness (QED) is 0.812. The minimum absolute atomic E-state index is 0.0157. The van der Waals surface area contributed by atoms with E-state index in [-0.39, 0.29) is 17.2 Å². The third kappa shape index (κ3) is 3.21. The highest BCUT2D eigenvalue weighted by atomic mass is 16.2. The molecule has 2 amide bonds. The van der Waals surface area contributed by atoms with E-state index in [1.807, 2.05) is 4.90 Å². The summed E-state index contributed by atoms with van der Waals surface area (Å²) in [5.41, 5.74) is 1.06. The molecule has 6 nitrogen and oxygen atoms in total. The van der Waals surface area contributed by atoms with Gasteiger partial charge in [0.1, 0.15) is 6.33 Å². The first kappa shape index (κ1) is 17.4. The maximum Gasteiger partial charge on any atom is 0.257 e. The van der Waals surface area contributed by atoms with Crippen molar-refractivity contribution in [2.24, 2.45) is 11.3 Å². The van der Waals surface area contributed by atoms with Gasteiger partial charge >= 0.3 is 0 Å². The average molecular weight is 356 g/mol. The van der Waals surface area contributed by atoms with Gasteiger partial charge in [0, 0.05) is 32.4 Å². The van der Waals surface area contributed by atoms with Crippen LogP contribution >= 0.6 is 0 Å². The van der Waals surface area contributed by atoms with E-state index in [2.05, 4.69) is 21.8 Å². The molecular weight excluding hydrogens is 328 g/mol. The zero-order valence-electron chi connectivity index (χ0n) is 15.6. The molecule has 1 aromatic heterocycles. The third-order valence-corrected chi connectivity index (χ3v) is 6.15. The highest BCUT2D eigenvalue weighted by Gasteiger charge is 2.50. The Kier molecular flexibility index (Phi) is 4.67. The number of carbonyl (C=O) groups excluding carboxylic acids is 2. The molecule has 0 bridgehead atoms. The predicted molar refractivity (Wildman–Crippen MR) is 97.5 cm³/mol. The normalized spacial score (nSPS) is 26.0. The summed E-state index contributed by atoms with van der Waals surface area (Å²) in [6.07, 6.45) is 10.1. The van der Waals surface area contributed by atoms with Crippen molar-refractivity contribution in [1.29, 1.82) is 0 Å². The van der Waals surface area contributed by atoms with E-state index in [9.17, 15) is 9.59 Å². The Morgan fingerprint density at radius 1 is 1.31 bits per heavy atom. The Labute approximate surface area is 155 Å². The molecule has 1 saturated carbocycles. The molecule has 6 heteroatoms. The molecule has 140 valence electrons. The van der Waals surface area contributed by atoms with E-state index >= 15 is 0 Å². The fraction of sp³-hybridized carbons (Fsp3) is 0.700. The lowest BCUT2D eigenvalue weighted by Gasteiger charge is -2.39. The fourth-order valence-electron chi connectivity index (χ4n) is 4.50. The summed E-state index contributed by atoms with van der Waals surface area (Å²) in [5.74, 6) is 0.980. The topological polar surface area (TPSA) is 66.4 Å². The van der Waals surface area contributed by atoms with E-state index in [1.165, 1.54) is 19.2 Å². The lowest BCUT2D eigenvalue weighted by Crippen LogP contribution is -2.51. The summed E-state index contributed by atoms with van der Waals surface area (Å²) in [5, 5.41) is 0. The number of piperidine rings is 1. The van der Waals surface area contributed by atoms with Gasteiger partial charge in [-0.2, -0.15) is 0 Å². The van der Waals surface area contributed by atoms with Crippen LogP contribution in [0.25, 0.3) is 0 Å². The summed E-state index contributed by atoms with van der Waals surface area (Å²) in [7, 11) is 0. The first-order valence-corrected chi connectivity index (χ1v) is 10.0. The van der Waals surface area contributed by atoms with Crippen molar-refractivity contribution in [3.63, 3.8) is 0 Å². The first-order chi connectivity index (χ1) is 12.6. The highest BCUT2D eigenvalue weighted by molar-refractivity contribution is 5.96. The maximum atomic E-state index is 13.2. The summed E-state index contributed by atoms with van der Waals surface area (Å²) in [6, 6.07) is 0. The minimum atomic E-state index is -0.358. The van der Waals surface area contributed by atoms with Gasteiger partial charge in [-0.25, -0.2) is 9.97 Å². The molecule has 26 heavy (non-hydrogen) atoms. The Balaban J connectivity index is 1.49. The second-order valence-corrected chi connectivity index (χ2v) is 8.19. The van der Waals surface area contributed by atoms with E-state index in [0.717, 1.165) is 50.9 Å². The predicted octanol–water partition coefficient (Wildman–Crippen LogP) is 2.29. The number of nitrogens with zero attached hydrogens (tertiary/aromatic N) is 4. The number of carbonyl (C=O) groups is 2. The van der Waals surface area contributed by atoms with Crippen molar-refractivity contribution in [2.75, 3.05) is 26.2 Å². The van der Waals surface area contributed by atoms with Crippen LogP contribution in [0.1, 0.15) is 61.5 Å². The van der Waals surface area contributed by atoms with E-state index in [1.54, 1.807) is 6.20 Å². The van der Waals surface area contributed by atoms with Crippen molar-refractivity contribution in [3.05, 3.63) is 23.8 Å². The number of amides is 2. The molecular formula is C20H28N4O2. The van der Waals surface area contributed by atoms with Gasteiger partial charge in [0.05, 0.1) is 16.7 Å². The van der Waals surface area contributed by atoms with Crippen molar-refractivity contribution in [2.45, 2.75) is 51.9 Å². The molecule has 1 atom stereocenters. The van der Waals surface area contributed by atoms with Gasteiger partial charge in [-0.1, -0.05) is 13.3 Å². The van der Waals surface area contributed by atoms with Crippen LogP contribution in [0.4, 0.5) is 0 Å². The van der Waals surface area contributed by atoms with Gasteiger partial charge in [-0.15, -0.1) is 0 Å². The van der Waals surface area contributed by atoms with Crippen LogP contribution in [0, 0.1) is 11.3 Å². The molecule has 3 fully saturated rings. The molecule has 2 saturated heterocycles. The van der Waals surface area contributed by atoms with Crippen LogP contribution in [0.15, 0.2) is 12.5 Å². The van der Waals surface area contributed by atoms with Gasteiger partial charge in [0.15, 0.2) is 0 Å². The van der Waals surface area contributed by atoms with Crippen molar-refractivity contribution in [1.82, 2.24) is 19.8 Å². The first-order valence-electron chi connectivity index (χ1n) is 10.0. The van der Waals surface area contributed by atoms with Gasteiger partial charge in [-0.3, -0.25) is 9.59 Å². The summed E-state index contributed by atoms with van der Waals surface area (Å²) in [4.78, 5) is 38.5. The fourth-order valence-corrected chi connectivity index (χ4v) is 4.50. The molecule has 3 heterocycles. The van der Waals surface area contributed by atoms with E-state index < -0.39 is 0 Å². The second kappa shape index (κ2) is 6.97. The Hall–Kier alpha value is -1.98. The summed E-state index contributed by atoms with van der Waals surface area (Å²) >= 11 is 0. The van der Waals surface area contributed by atoms with Crippen molar-refractivity contribution < 1.29 is 9.59 Å². The smallest absolute Gasteiger partial charge is 0.257 e. The number of rotatable bonds is 5. The molecule has 0 aromatic carbocycles. The summed E-state index contributed by atoms with van der Waals surface area (Å²) < 4.78 is 0. The Bertz CT molecular complexity index is 703. The summed E-state index contributed by atoms with van der Waals surface area (Å²) in [6.45, 7) is 5.09. The number of hydrogen-bond donors (Lipinski definition) is 0. The number of aromatic nitrogens is 2. The number of likely N-dealkylation sites (tertiary alicyclic amines) is 2. The van der Waals surface area contributed by atoms with Crippen LogP contribution in [0.3, 0.4) is 0 Å². The van der Waals surface area contributed by atoms with E-state index in [4.69, 9.17) is 0 Å². The molecule has 0 radical (unpaired) electrons. The Morgan fingerprint density at radius 3 is 2.92 bits per heavy atom. The minimum Gasteiger partial charge on any atom is -0.342 e. The van der Waals surface area contributed by atoms with Crippen molar-refractivity contribution >= 4 is 11.8 Å². The van der Waals surface area contributed by atoms with Gasteiger partial charge < -0.3 is 9.80 Å². The molecule has 2 aliphatic heterocycles. The monoisotopic (exact) mass is 356 g/mol. The lowest BCUT2D eigenvalue weighted by molar-refractivity contribution is -0.145. The van der Waals surface area contributed by atoms with Crippen LogP contribution in [0.5, 0.6) is 0 Å². The molecule has 1 unspecified atom stereocenters. The van der Waals surface area contributed by atoms with Crippen LogP contribution in [-0.4, -0.2) is 57.8 Å². The largest absolute Gasteiger partial charge is 0.342 e. The van der Waals surface area contributed by atoms with E-state index in [0.29, 0.717) is 24.6 Å². The molecule has 1 aromatic rings. The van der Waals surface area contributed by atoms with Gasteiger partial charge in [-0.05, 0) is 44.4 Å². The second-order valence-electron chi connectivity index (χ2n) is 8.19. The SMILES string of the molecule is CCCc1ncncc1C(=O)N1CCC2(CCCN(CC3CC3)C2=O)C1. The van der Waals surface area contributed by atoms with Gasteiger partial charge in [0.2, 0.25) is 5.91 Å². The lowest BCUT2D eigenvalue weighted by atomic mass is 9.78. The van der Waals surface area contributed by atoms with Crippen LogP contribution in [-0.2, 0) is 11.2 Å². The molecule has 0 N–H and O–H groups in total. The molecule has 4 rings (SSSR count). The maximum absolute atomic E-state index is 13.2. The average Bonchev–Trinajstić information content (AvgIpc) is 3.37. The van der Waals surface area contributed by atoms with Crippen LogP contribution in [0.2, 0.25) is 0 Å². The van der Waals surface area contributed by atoms with Crippen LogP contribution < -0.4 is 0 Å². The molecule has 1 spiro atoms. The molecule has 1 aliphatic carbocycles. The molecule has 3 aliphatic rings. The van der Waals surface area contributed by atoms with Crippen molar-refractivity contribution in [3.8, 4) is 0 Å². The van der Waals surface area contributed by atoms with Gasteiger partial charge in [0.25, 0.3) is 5.91 Å². The zero-order valence-corrected chi connectivity index (χ0v) is 15.6.